The Bertz CT molecular complexity index is 928. The zero-order valence-corrected chi connectivity index (χ0v) is 21.7. The molecule has 0 amide bonds. The Balaban J connectivity index is 2.15. The quantitative estimate of drug-likeness (QED) is 0.314. The van der Waals surface area contributed by atoms with Crippen LogP contribution in [0.2, 0.25) is 0 Å². The van der Waals surface area contributed by atoms with Crippen LogP contribution in [0.15, 0.2) is 45.8 Å². The van der Waals surface area contributed by atoms with E-state index in [0.29, 0.717) is 33.1 Å². The maximum absolute atomic E-state index is 13.7. The number of unbranched alkanes of at least 4 members (excludes halogenated alkanes) is 2. The fourth-order valence-electron chi connectivity index (χ4n) is 4.49. The Labute approximate surface area is 206 Å². The predicted octanol–water partition coefficient (Wildman–Crippen LogP) is 8.10. The number of fused-ring (bicyclic) bond motifs is 1. The van der Waals surface area contributed by atoms with Crippen molar-refractivity contribution in [2.24, 2.45) is 5.41 Å². The lowest BCUT2D eigenvalue weighted by molar-refractivity contribution is -0.137. The molecule has 0 N–H and O–H groups in total. The van der Waals surface area contributed by atoms with Crippen molar-refractivity contribution in [2.75, 3.05) is 24.3 Å². The highest BCUT2D eigenvalue weighted by atomic mass is 79.9. The van der Waals surface area contributed by atoms with E-state index in [1.807, 2.05) is 6.07 Å². The van der Waals surface area contributed by atoms with Crippen LogP contribution in [0, 0.1) is 5.41 Å². The third-order valence-electron chi connectivity index (χ3n) is 6.33. The van der Waals surface area contributed by atoms with Crippen molar-refractivity contribution in [1.82, 2.24) is 0 Å². The van der Waals surface area contributed by atoms with Crippen LogP contribution in [-0.2, 0) is 17.4 Å². The van der Waals surface area contributed by atoms with Gasteiger partial charge in [-0.15, -0.1) is 0 Å². The topological polar surface area (TPSA) is 35.5 Å². The van der Waals surface area contributed by atoms with Crippen molar-refractivity contribution < 1.29 is 22.5 Å². The van der Waals surface area contributed by atoms with Crippen LogP contribution < -0.4 is 9.64 Å². The first-order valence-corrected chi connectivity index (χ1v) is 13.5. The summed E-state index contributed by atoms with van der Waals surface area (Å²) < 4.78 is 59.4. The Kier molecular flexibility index (Phi) is 8.67. The Morgan fingerprint density at radius 3 is 2.21 bits per heavy atom. The summed E-state index contributed by atoms with van der Waals surface area (Å²) in [5.74, 6) is 1.12. The molecule has 0 saturated heterocycles. The molecule has 182 valence electrons. The molecule has 1 unspecified atom stereocenters. The van der Waals surface area contributed by atoms with Gasteiger partial charge in [0.05, 0.1) is 22.8 Å². The molecule has 1 atom stereocenters. The number of benzene rings is 2. The van der Waals surface area contributed by atoms with Crippen molar-refractivity contribution in [3.63, 3.8) is 0 Å². The maximum atomic E-state index is 13.7. The Hall–Kier alpha value is -1.38. The Morgan fingerprint density at radius 2 is 1.70 bits per heavy atom. The van der Waals surface area contributed by atoms with Gasteiger partial charge in [0.2, 0.25) is 0 Å². The van der Waals surface area contributed by atoms with E-state index >= 15 is 0 Å². The fraction of sp³-hybridized carbons (Fsp3) is 0.520. The number of hydrogen-bond acceptors (Lipinski definition) is 3. The largest absolute Gasteiger partial charge is 0.611 e. The SMILES string of the molecule is CCCCC1(CCCC)CN(c2ccc(C(F)(F)F)cc2)c2cc(Br)c(OC)cc2[S+]([O-])C1. The van der Waals surface area contributed by atoms with Crippen LogP contribution in [0.1, 0.15) is 57.9 Å². The highest BCUT2D eigenvalue weighted by Gasteiger charge is 2.42. The average Bonchev–Trinajstić information content (AvgIpc) is 2.90. The van der Waals surface area contributed by atoms with Crippen LogP contribution in [0.4, 0.5) is 24.5 Å². The molecule has 0 aromatic heterocycles. The van der Waals surface area contributed by atoms with Gasteiger partial charge in [-0.05, 0) is 70.3 Å². The molecule has 0 spiro atoms. The van der Waals surface area contributed by atoms with E-state index in [0.717, 1.165) is 56.3 Å². The molecular weight excluding hydrogens is 515 g/mol. The van der Waals surface area contributed by atoms with E-state index in [2.05, 4.69) is 34.7 Å². The molecule has 2 aromatic carbocycles. The minimum atomic E-state index is -4.39. The van der Waals surface area contributed by atoms with Gasteiger partial charge in [0.15, 0.2) is 4.90 Å². The summed E-state index contributed by atoms with van der Waals surface area (Å²) in [5.41, 5.74) is 0.537. The first kappa shape index (κ1) is 26.2. The molecule has 1 heterocycles. The minimum Gasteiger partial charge on any atom is -0.611 e. The van der Waals surface area contributed by atoms with Gasteiger partial charge in [-0.1, -0.05) is 39.5 Å². The molecule has 2 aromatic rings. The summed E-state index contributed by atoms with van der Waals surface area (Å²) in [5, 5.41) is 0. The number of nitrogens with zero attached hydrogens (tertiary/aromatic N) is 1. The van der Waals surface area contributed by atoms with Gasteiger partial charge in [-0.3, -0.25) is 0 Å². The zero-order chi connectivity index (χ0) is 24.2. The summed E-state index contributed by atoms with van der Waals surface area (Å²) in [6.45, 7) is 4.90. The average molecular weight is 546 g/mol. The number of alkyl halides is 3. The lowest BCUT2D eigenvalue weighted by Crippen LogP contribution is -2.38. The lowest BCUT2D eigenvalue weighted by Gasteiger charge is -2.36. The molecule has 0 aliphatic carbocycles. The van der Waals surface area contributed by atoms with Gasteiger partial charge in [0.25, 0.3) is 0 Å². The van der Waals surface area contributed by atoms with Crippen molar-refractivity contribution >= 4 is 38.5 Å². The molecule has 0 bridgehead atoms. The monoisotopic (exact) mass is 545 g/mol. The summed E-state index contributed by atoms with van der Waals surface area (Å²) in [6, 6.07) is 8.94. The molecule has 1 aliphatic heterocycles. The maximum Gasteiger partial charge on any atom is 0.416 e. The van der Waals surface area contributed by atoms with Gasteiger partial charge in [-0.25, -0.2) is 0 Å². The lowest BCUT2D eigenvalue weighted by atomic mass is 9.79. The van der Waals surface area contributed by atoms with Crippen LogP contribution in [0.5, 0.6) is 5.75 Å². The van der Waals surface area contributed by atoms with Crippen LogP contribution >= 0.6 is 15.9 Å². The summed E-state index contributed by atoms with van der Waals surface area (Å²) >= 11 is 2.27. The van der Waals surface area contributed by atoms with E-state index < -0.39 is 22.9 Å². The number of hydrogen-bond donors (Lipinski definition) is 0. The van der Waals surface area contributed by atoms with Crippen LogP contribution in [0.25, 0.3) is 0 Å². The second-order valence-corrected chi connectivity index (χ2v) is 11.1. The Morgan fingerprint density at radius 1 is 1.09 bits per heavy atom. The van der Waals surface area contributed by atoms with Gasteiger partial charge >= 0.3 is 6.18 Å². The molecule has 0 fully saturated rings. The van der Waals surface area contributed by atoms with E-state index in [1.165, 1.54) is 12.1 Å². The standard InChI is InChI=1S/C25H31BrF3NO2S/c1-4-6-12-24(13-7-5-2)16-30(19-10-8-18(9-11-19)25(27,28)29)21-14-20(26)22(32-3)15-23(21)33(31)17-24/h8-11,14-15H,4-7,12-13,16-17H2,1-3H3. The fourth-order valence-corrected chi connectivity index (χ4v) is 6.71. The van der Waals surface area contributed by atoms with E-state index in [1.54, 1.807) is 13.2 Å². The smallest absolute Gasteiger partial charge is 0.416 e. The number of ether oxygens (including phenoxy) is 1. The summed E-state index contributed by atoms with van der Waals surface area (Å²) in [7, 11) is 1.56. The first-order chi connectivity index (χ1) is 15.6. The third-order valence-corrected chi connectivity index (χ3v) is 8.64. The van der Waals surface area contributed by atoms with Gasteiger partial charge < -0.3 is 14.2 Å². The van der Waals surface area contributed by atoms with Crippen molar-refractivity contribution in [3.05, 3.63) is 46.4 Å². The van der Waals surface area contributed by atoms with E-state index in [-0.39, 0.29) is 5.41 Å². The molecular formula is C25H31BrF3NO2S. The van der Waals surface area contributed by atoms with Crippen molar-refractivity contribution in [2.45, 2.75) is 63.4 Å². The number of halogens is 4. The third kappa shape index (κ3) is 6.01. The van der Waals surface area contributed by atoms with Crippen LogP contribution in [0.3, 0.4) is 0 Å². The normalized spacial score (nSPS) is 18.1. The number of methoxy groups -OCH3 is 1. The molecule has 0 radical (unpaired) electrons. The van der Waals surface area contributed by atoms with E-state index in [4.69, 9.17) is 4.74 Å². The van der Waals surface area contributed by atoms with Crippen molar-refractivity contribution in [3.8, 4) is 5.75 Å². The van der Waals surface area contributed by atoms with Gasteiger partial charge in [0.1, 0.15) is 11.5 Å². The predicted molar refractivity (Wildman–Crippen MR) is 132 cm³/mol. The van der Waals surface area contributed by atoms with Gasteiger partial charge in [-0.2, -0.15) is 13.2 Å². The van der Waals surface area contributed by atoms with Crippen molar-refractivity contribution in [1.29, 1.82) is 0 Å². The summed E-state index contributed by atoms with van der Waals surface area (Å²) in [6.07, 6.45) is 1.58. The number of rotatable bonds is 8. The molecule has 33 heavy (non-hydrogen) atoms. The molecule has 0 saturated carbocycles. The second kappa shape index (κ2) is 10.9. The van der Waals surface area contributed by atoms with Gasteiger partial charge in [0, 0.05) is 23.7 Å². The van der Waals surface area contributed by atoms with Crippen LogP contribution in [-0.4, -0.2) is 24.0 Å². The number of anilines is 2. The molecule has 8 heteroatoms. The van der Waals surface area contributed by atoms with E-state index in [9.17, 15) is 17.7 Å². The summed E-state index contributed by atoms with van der Waals surface area (Å²) in [4.78, 5) is 2.71. The second-order valence-electron chi connectivity index (χ2n) is 8.78. The minimum absolute atomic E-state index is 0.196. The first-order valence-electron chi connectivity index (χ1n) is 11.3. The highest BCUT2D eigenvalue weighted by molar-refractivity contribution is 9.10. The molecule has 3 nitrogen and oxygen atoms in total. The molecule has 1 aliphatic rings. The molecule has 3 rings (SSSR count). The highest BCUT2D eigenvalue weighted by Crippen LogP contribution is 2.47. The zero-order valence-electron chi connectivity index (χ0n) is 19.3.